The van der Waals surface area contributed by atoms with Crippen LogP contribution in [0.15, 0.2) is 78.0 Å². The Morgan fingerprint density at radius 2 is 0.848 bits per heavy atom. The fraction of sp³-hybridized carbons (Fsp3) is 0.429. The van der Waals surface area contributed by atoms with E-state index in [2.05, 4.69) is 166 Å². The van der Waals surface area contributed by atoms with Crippen LogP contribution in [-0.4, -0.2) is 0 Å². The standard InChI is InChI=1S/C42H54N3.Cs/c1-25(2)31-21-35(27(5)6)41(36(22-31)28(7)8)33-17-13-15-19-39(33)43-45-44-40-20-16-14-18-34(40)42-37(29(9)10)23-32(26(3)4)24-38(42)30(11)12;/h13-30H,1-12H3;/q-1;+1/p+1. The van der Waals surface area contributed by atoms with Gasteiger partial charge < -0.3 is 0 Å². The minimum atomic E-state index is 0. The van der Waals surface area contributed by atoms with Crippen molar-refractivity contribution in [1.82, 2.24) is 0 Å². The third-order valence-corrected chi connectivity index (χ3v) is 8.96. The predicted octanol–water partition coefficient (Wildman–Crippen LogP) is 9.55. The summed E-state index contributed by atoms with van der Waals surface area (Å²) in [6.07, 6.45) is 0. The summed E-state index contributed by atoms with van der Waals surface area (Å²) in [6.45, 7) is 27.5. The van der Waals surface area contributed by atoms with Crippen molar-refractivity contribution in [3.05, 3.63) is 112 Å². The maximum atomic E-state index is 4.84. The second-order valence-electron chi connectivity index (χ2n) is 14.5. The Balaban J connectivity index is 0.00000576. The van der Waals surface area contributed by atoms with Crippen molar-refractivity contribution in [3.63, 3.8) is 0 Å². The molecule has 0 aliphatic rings. The molecule has 0 aliphatic heterocycles. The number of nitrogens with one attached hydrogen (secondary N) is 1. The van der Waals surface area contributed by atoms with Crippen LogP contribution in [0, 0.1) is 0 Å². The van der Waals surface area contributed by atoms with Crippen LogP contribution in [0.25, 0.3) is 27.7 Å². The smallest absolute Gasteiger partial charge is 0.259 e. The van der Waals surface area contributed by atoms with Gasteiger partial charge in [-0.25, -0.2) is 0 Å². The third kappa shape index (κ3) is 8.86. The summed E-state index contributed by atoms with van der Waals surface area (Å²) in [5.74, 6) is 2.51. The molecule has 0 saturated carbocycles. The van der Waals surface area contributed by atoms with Crippen LogP contribution in [-0.2, 0) is 0 Å². The van der Waals surface area contributed by atoms with Crippen molar-refractivity contribution in [3.8, 4) is 22.3 Å². The molecular weight excluding hydrogens is 679 g/mol. The molecule has 1 N–H and O–H groups in total. The summed E-state index contributed by atoms with van der Waals surface area (Å²) < 4.78 is 0. The molecule has 0 bridgehead atoms. The number of rotatable bonds is 11. The van der Waals surface area contributed by atoms with Crippen LogP contribution in [0.1, 0.15) is 152 Å². The maximum Gasteiger partial charge on any atom is 1.00 e. The molecule has 0 radical (unpaired) electrons. The molecule has 46 heavy (non-hydrogen) atoms. The Kier molecular flexibility index (Phi) is 14.4. The Hall–Kier alpha value is -1.67. The fourth-order valence-electron chi connectivity index (χ4n) is 6.24. The van der Waals surface area contributed by atoms with E-state index >= 15 is 0 Å². The minimum Gasteiger partial charge on any atom is -0.259 e. The average molecular weight is 735 g/mol. The van der Waals surface area contributed by atoms with Gasteiger partial charge in [0.15, 0.2) is 0 Å². The van der Waals surface area contributed by atoms with Crippen LogP contribution in [0.3, 0.4) is 0 Å². The number of nitrogens with zero attached hydrogens (tertiary/aromatic N) is 2. The first kappa shape index (κ1) is 38.8. The molecule has 0 amide bonds. The van der Waals surface area contributed by atoms with Crippen LogP contribution in [0.4, 0.5) is 11.4 Å². The van der Waals surface area contributed by atoms with Gasteiger partial charge in [-0.05, 0) is 92.1 Å². The van der Waals surface area contributed by atoms with Gasteiger partial charge in [0.25, 0.3) is 0 Å². The molecule has 0 aliphatic carbocycles. The zero-order valence-electron chi connectivity index (χ0n) is 30.8. The van der Waals surface area contributed by atoms with Gasteiger partial charge >= 0.3 is 68.9 Å². The third-order valence-electron chi connectivity index (χ3n) is 8.96. The van der Waals surface area contributed by atoms with E-state index in [1.807, 2.05) is 0 Å². The van der Waals surface area contributed by atoms with Gasteiger partial charge in [-0.3, -0.25) is 5.11 Å². The average Bonchev–Trinajstić information content (AvgIpc) is 3.00. The Morgan fingerprint density at radius 1 is 0.478 bits per heavy atom. The van der Waals surface area contributed by atoms with E-state index in [1.165, 1.54) is 50.1 Å². The molecule has 4 rings (SSSR count). The second-order valence-corrected chi connectivity index (χ2v) is 14.5. The topological polar surface area (TPSA) is 40.4 Å². The minimum absolute atomic E-state index is 0. The Morgan fingerprint density at radius 3 is 1.26 bits per heavy atom. The summed E-state index contributed by atoms with van der Waals surface area (Å²) >= 11 is 0. The van der Waals surface area contributed by atoms with Crippen molar-refractivity contribution in [2.75, 3.05) is 0 Å². The maximum absolute atomic E-state index is 4.84. The summed E-state index contributed by atoms with van der Waals surface area (Å²) in [4.78, 5) is 0. The molecule has 0 aromatic heterocycles. The largest absolute Gasteiger partial charge is 1.00 e. The van der Waals surface area contributed by atoms with E-state index in [0.717, 1.165) is 16.9 Å². The quantitative estimate of drug-likeness (QED) is 0.118. The van der Waals surface area contributed by atoms with E-state index < -0.39 is 0 Å². The molecule has 3 nitrogen and oxygen atoms in total. The predicted molar refractivity (Wildman–Crippen MR) is 194 cm³/mol. The molecule has 0 unspecified atom stereocenters. The molecule has 0 fully saturated rings. The van der Waals surface area contributed by atoms with Gasteiger partial charge in [0.1, 0.15) is 0 Å². The van der Waals surface area contributed by atoms with Gasteiger partial charge in [0, 0.05) is 11.1 Å². The number of hydrogen-bond acceptors (Lipinski definition) is 1. The SMILES string of the molecule is CC(C)c1cc(C(C)C)c(-c2ccccc2[N-]N=[NH+]c2ccccc2-c2c(C(C)C)cc(C(C)C)cc2C(C)C)c(C(C)C)c1.[Cs+]. The number of para-hydroxylation sites is 1. The first-order valence-electron chi connectivity index (χ1n) is 17.0. The first-order chi connectivity index (χ1) is 21.3. The van der Waals surface area contributed by atoms with Gasteiger partial charge in [-0.1, -0.05) is 149 Å². The van der Waals surface area contributed by atoms with Gasteiger partial charge in [-0.15, -0.1) is 5.43 Å². The summed E-state index contributed by atoms with van der Waals surface area (Å²) in [5.41, 5.74) is 19.9. The van der Waals surface area contributed by atoms with Gasteiger partial charge in [0.05, 0.1) is 11.4 Å². The van der Waals surface area contributed by atoms with Gasteiger partial charge in [0.2, 0.25) is 0 Å². The van der Waals surface area contributed by atoms with Crippen LogP contribution in [0.2, 0.25) is 0 Å². The van der Waals surface area contributed by atoms with E-state index in [-0.39, 0.29) is 68.9 Å². The zero-order valence-corrected chi connectivity index (χ0v) is 37.1. The van der Waals surface area contributed by atoms with E-state index in [0.29, 0.717) is 35.5 Å². The summed E-state index contributed by atoms with van der Waals surface area (Å²) in [6, 6.07) is 26.6. The molecule has 0 spiro atoms. The van der Waals surface area contributed by atoms with E-state index in [4.69, 9.17) is 5.43 Å². The van der Waals surface area contributed by atoms with Crippen LogP contribution in [0.5, 0.6) is 0 Å². The van der Waals surface area contributed by atoms with Crippen molar-refractivity contribution in [2.45, 2.75) is 119 Å². The zero-order chi connectivity index (χ0) is 33.0. The summed E-state index contributed by atoms with van der Waals surface area (Å²) in [7, 11) is 0. The molecular formula is C42H55CsN3+. The second kappa shape index (κ2) is 17.1. The fourth-order valence-corrected chi connectivity index (χ4v) is 6.24. The molecule has 0 heterocycles. The summed E-state index contributed by atoms with van der Waals surface area (Å²) in [5, 5.41) is 8.01. The monoisotopic (exact) mass is 734 g/mol. The number of hydrogen-bond donors (Lipinski definition) is 1. The normalized spacial score (nSPS) is 12.0. The van der Waals surface area contributed by atoms with Crippen molar-refractivity contribution < 1.29 is 74.0 Å². The number of benzene rings is 4. The van der Waals surface area contributed by atoms with Crippen LogP contribution >= 0.6 is 0 Å². The molecule has 4 heteroatoms. The van der Waals surface area contributed by atoms with Crippen LogP contribution < -0.4 is 74.0 Å². The Labute approximate surface area is 338 Å². The molecule has 4 aromatic rings. The van der Waals surface area contributed by atoms with E-state index in [1.54, 1.807) is 0 Å². The van der Waals surface area contributed by atoms with Crippen molar-refractivity contribution in [1.29, 1.82) is 0 Å². The molecule has 0 atom stereocenters. The van der Waals surface area contributed by atoms with Crippen molar-refractivity contribution in [2.24, 2.45) is 5.22 Å². The first-order valence-corrected chi connectivity index (χ1v) is 17.0. The molecule has 4 aromatic carbocycles. The van der Waals surface area contributed by atoms with E-state index in [9.17, 15) is 0 Å². The Bertz CT molecular complexity index is 1580. The molecule has 238 valence electrons. The van der Waals surface area contributed by atoms with Crippen molar-refractivity contribution >= 4 is 11.4 Å². The molecule has 0 saturated heterocycles. The van der Waals surface area contributed by atoms with Gasteiger partial charge in [-0.2, -0.15) is 0 Å².